The van der Waals surface area contributed by atoms with Crippen LogP contribution in [-0.2, 0) is 10.0 Å². The first-order valence-electron chi connectivity index (χ1n) is 7.24. The van der Waals surface area contributed by atoms with Crippen LogP contribution < -0.4 is 10.0 Å². The summed E-state index contributed by atoms with van der Waals surface area (Å²) in [6.45, 7) is 2.48. The van der Waals surface area contributed by atoms with Gasteiger partial charge in [0, 0.05) is 25.0 Å². The van der Waals surface area contributed by atoms with Crippen molar-refractivity contribution in [2.75, 3.05) is 13.1 Å². The lowest BCUT2D eigenvalue weighted by molar-refractivity contribution is 0.0953. The maximum atomic E-state index is 12.0. The van der Waals surface area contributed by atoms with Crippen molar-refractivity contribution in [2.24, 2.45) is 0 Å². The van der Waals surface area contributed by atoms with E-state index < -0.39 is 10.0 Å². The lowest BCUT2D eigenvalue weighted by Gasteiger charge is -2.08. The number of nitrogens with zero attached hydrogens (tertiary/aromatic N) is 1. The molecule has 2 rings (SSSR count). The van der Waals surface area contributed by atoms with Crippen molar-refractivity contribution in [3.05, 3.63) is 59.9 Å². The van der Waals surface area contributed by atoms with Gasteiger partial charge >= 0.3 is 0 Å². The number of carbonyl (C=O) groups excluding carboxylic acids is 1. The number of nitrogens with one attached hydrogen (secondary N) is 2. The molecule has 23 heavy (non-hydrogen) atoms. The molecule has 1 aromatic heterocycles. The van der Waals surface area contributed by atoms with E-state index in [1.54, 1.807) is 30.3 Å². The summed E-state index contributed by atoms with van der Waals surface area (Å²) in [7, 11) is -3.49. The Labute approximate surface area is 136 Å². The number of amides is 1. The van der Waals surface area contributed by atoms with Crippen molar-refractivity contribution in [3.63, 3.8) is 0 Å². The fraction of sp³-hybridized carbons (Fsp3) is 0.250. The quantitative estimate of drug-likeness (QED) is 0.752. The zero-order chi connectivity index (χ0) is 16.7. The van der Waals surface area contributed by atoms with Gasteiger partial charge in [-0.25, -0.2) is 13.1 Å². The molecule has 6 nitrogen and oxygen atoms in total. The maximum absolute atomic E-state index is 12.0. The van der Waals surface area contributed by atoms with E-state index in [4.69, 9.17) is 0 Å². The molecule has 0 bridgehead atoms. The summed E-state index contributed by atoms with van der Waals surface area (Å²) in [5.41, 5.74) is 1.33. The molecule has 2 aromatic rings. The minimum absolute atomic E-state index is 0.219. The lowest BCUT2D eigenvalue weighted by Crippen LogP contribution is -2.30. The van der Waals surface area contributed by atoms with Crippen LogP contribution >= 0.6 is 0 Å². The number of carbonyl (C=O) groups is 1. The summed E-state index contributed by atoms with van der Waals surface area (Å²) in [4.78, 5) is 16.1. The van der Waals surface area contributed by atoms with Gasteiger partial charge in [0.1, 0.15) is 0 Å². The Morgan fingerprint density at radius 2 is 1.83 bits per heavy atom. The zero-order valence-corrected chi connectivity index (χ0v) is 13.6. The van der Waals surface area contributed by atoms with Crippen molar-refractivity contribution < 1.29 is 13.2 Å². The maximum Gasteiger partial charge on any atom is 0.252 e. The van der Waals surface area contributed by atoms with E-state index >= 15 is 0 Å². The van der Waals surface area contributed by atoms with Gasteiger partial charge in [0.2, 0.25) is 10.0 Å². The van der Waals surface area contributed by atoms with Crippen LogP contribution in [0.2, 0.25) is 0 Å². The molecule has 0 aliphatic carbocycles. The van der Waals surface area contributed by atoms with E-state index in [-0.39, 0.29) is 17.3 Å². The number of pyridine rings is 1. The van der Waals surface area contributed by atoms with Crippen LogP contribution in [-0.4, -0.2) is 32.4 Å². The van der Waals surface area contributed by atoms with Crippen molar-refractivity contribution in [1.82, 2.24) is 15.0 Å². The molecular weight excluding hydrogens is 314 g/mol. The Kier molecular flexibility index (Phi) is 5.84. The number of hydrogen-bond donors (Lipinski definition) is 2. The van der Waals surface area contributed by atoms with Gasteiger partial charge in [-0.3, -0.25) is 9.78 Å². The molecule has 0 aliphatic heterocycles. The minimum atomic E-state index is -3.49. The van der Waals surface area contributed by atoms with Gasteiger partial charge in [0.05, 0.1) is 10.5 Å². The van der Waals surface area contributed by atoms with Crippen LogP contribution in [0.4, 0.5) is 0 Å². The normalized spacial score (nSPS) is 11.2. The van der Waals surface area contributed by atoms with Gasteiger partial charge in [-0.2, -0.15) is 0 Å². The SMILES string of the molecule is Cc1ccc(C(=O)NCCCNS(=O)(=O)c2ccccc2)cn1. The van der Waals surface area contributed by atoms with E-state index in [0.717, 1.165) is 5.69 Å². The molecular formula is C16H19N3O3S. The number of sulfonamides is 1. The van der Waals surface area contributed by atoms with Crippen LogP contribution in [0.15, 0.2) is 53.6 Å². The van der Waals surface area contributed by atoms with E-state index in [2.05, 4.69) is 15.0 Å². The molecule has 2 N–H and O–H groups in total. The Bertz CT molecular complexity index is 744. The molecule has 0 saturated carbocycles. The van der Waals surface area contributed by atoms with Crippen LogP contribution in [0, 0.1) is 6.92 Å². The average molecular weight is 333 g/mol. The third-order valence-electron chi connectivity index (χ3n) is 3.16. The summed E-state index contributed by atoms with van der Waals surface area (Å²) in [6, 6.07) is 11.6. The molecule has 0 unspecified atom stereocenters. The van der Waals surface area contributed by atoms with Gasteiger partial charge in [-0.15, -0.1) is 0 Å². The standard InChI is InChI=1S/C16H19N3O3S/c1-13-8-9-14(12-18-13)16(20)17-10-5-11-19-23(21,22)15-6-3-2-4-7-15/h2-4,6-9,12,19H,5,10-11H2,1H3,(H,17,20). The topological polar surface area (TPSA) is 88.2 Å². The second-order valence-electron chi connectivity index (χ2n) is 5.01. The van der Waals surface area contributed by atoms with Gasteiger partial charge in [-0.1, -0.05) is 18.2 Å². The van der Waals surface area contributed by atoms with Crippen molar-refractivity contribution in [1.29, 1.82) is 0 Å². The Morgan fingerprint density at radius 1 is 1.09 bits per heavy atom. The van der Waals surface area contributed by atoms with Gasteiger partial charge in [0.25, 0.3) is 5.91 Å². The molecule has 0 atom stereocenters. The van der Waals surface area contributed by atoms with E-state index in [9.17, 15) is 13.2 Å². The molecule has 1 amide bonds. The van der Waals surface area contributed by atoms with Gasteiger partial charge in [0.15, 0.2) is 0 Å². The second-order valence-corrected chi connectivity index (χ2v) is 6.78. The highest BCUT2D eigenvalue weighted by Gasteiger charge is 2.12. The smallest absolute Gasteiger partial charge is 0.252 e. The highest BCUT2D eigenvalue weighted by Crippen LogP contribution is 2.06. The van der Waals surface area contributed by atoms with E-state index in [1.165, 1.54) is 18.3 Å². The van der Waals surface area contributed by atoms with E-state index in [0.29, 0.717) is 18.5 Å². The molecule has 7 heteroatoms. The third kappa shape index (κ3) is 5.15. The van der Waals surface area contributed by atoms with E-state index in [1.807, 2.05) is 6.92 Å². The lowest BCUT2D eigenvalue weighted by atomic mass is 10.2. The number of hydrogen-bond acceptors (Lipinski definition) is 4. The summed E-state index contributed by atoms with van der Waals surface area (Å²) in [5.74, 6) is -0.219. The van der Waals surface area contributed by atoms with Crippen molar-refractivity contribution in [2.45, 2.75) is 18.2 Å². The fourth-order valence-electron chi connectivity index (χ4n) is 1.88. The van der Waals surface area contributed by atoms with Crippen molar-refractivity contribution in [3.8, 4) is 0 Å². The van der Waals surface area contributed by atoms with Crippen LogP contribution in [0.1, 0.15) is 22.5 Å². The monoisotopic (exact) mass is 333 g/mol. The highest BCUT2D eigenvalue weighted by molar-refractivity contribution is 7.89. The predicted molar refractivity (Wildman–Crippen MR) is 87.6 cm³/mol. The van der Waals surface area contributed by atoms with Gasteiger partial charge in [-0.05, 0) is 37.6 Å². The molecule has 122 valence electrons. The average Bonchev–Trinajstić information content (AvgIpc) is 2.56. The predicted octanol–water partition coefficient (Wildman–Crippen LogP) is 1.49. The number of aromatic nitrogens is 1. The summed E-state index contributed by atoms with van der Waals surface area (Å²) < 4.78 is 26.5. The molecule has 0 radical (unpaired) electrons. The summed E-state index contributed by atoms with van der Waals surface area (Å²) >= 11 is 0. The second kappa shape index (κ2) is 7.85. The first-order chi connectivity index (χ1) is 11.0. The van der Waals surface area contributed by atoms with Crippen LogP contribution in [0.25, 0.3) is 0 Å². The first kappa shape index (κ1) is 17.1. The third-order valence-corrected chi connectivity index (χ3v) is 4.64. The molecule has 1 aromatic carbocycles. The Morgan fingerprint density at radius 3 is 2.48 bits per heavy atom. The fourth-order valence-corrected chi connectivity index (χ4v) is 2.98. The number of rotatable bonds is 7. The van der Waals surface area contributed by atoms with Gasteiger partial charge < -0.3 is 5.32 Å². The minimum Gasteiger partial charge on any atom is -0.352 e. The highest BCUT2D eigenvalue weighted by atomic mass is 32.2. The first-order valence-corrected chi connectivity index (χ1v) is 8.73. The summed E-state index contributed by atoms with van der Waals surface area (Å²) in [6.07, 6.45) is 2.01. The van der Waals surface area contributed by atoms with Crippen LogP contribution in [0.5, 0.6) is 0 Å². The summed E-state index contributed by atoms with van der Waals surface area (Å²) in [5, 5.41) is 2.73. The zero-order valence-electron chi connectivity index (χ0n) is 12.8. The largest absolute Gasteiger partial charge is 0.352 e. The number of benzene rings is 1. The Balaban J connectivity index is 1.73. The molecule has 0 fully saturated rings. The molecule has 0 aliphatic rings. The number of aryl methyl sites for hydroxylation is 1. The van der Waals surface area contributed by atoms with Crippen molar-refractivity contribution >= 4 is 15.9 Å². The Hall–Kier alpha value is -2.25. The molecule has 1 heterocycles. The molecule has 0 saturated heterocycles. The van der Waals surface area contributed by atoms with Crippen LogP contribution in [0.3, 0.4) is 0 Å². The molecule has 0 spiro atoms.